The lowest BCUT2D eigenvalue weighted by Gasteiger charge is -2.06. The Kier molecular flexibility index (Phi) is 1.84. The highest BCUT2D eigenvalue weighted by molar-refractivity contribution is 6.29. The third-order valence-electron chi connectivity index (χ3n) is 0.717. The van der Waals surface area contributed by atoms with Gasteiger partial charge in [0.2, 0.25) is 5.78 Å². The van der Waals surface area contributed by atoms with Gasteiger partial charge in [-0.15, -0.1) is 0 Å². The predicted octanol–water partition coefficient (Wildman–Crippen LogP) is 0.953. The van der Waals surface area contributed by atoms with Crippen LogP contribution in [0, 0.1) is 5.41 Å². The molecule has 0 fully saturated rings. The lowest BCUT2D eigenvalue weighted by Crippen LogP contribution is -2.26. The molecular formula is C5H8FNO. The molecule has 0 aromatic rings. The first-order valence-corrected chi connectivity index (χ1v) is 2.22. The Morgan fingerprint density at radius 3 is 2.12 bits per heavy atom. The summed E-state index contributed by atoms with van der Waals surface area (Å²) in [4.78, 5) is 10.2. The fraction of sp³-hybridized carbons (Fsp3) is 0.600. The predicted molar refractivity (Wildman–Crippen MR) is 29.0 cm³/mol. The van der Waals surface area contributed by atoms with E-state index in [1.165, 1.54) is 0 Å². The van der Waals surface area contributed by atoms with Crippen molar-refractivity contribution in [1.82, 2.24) is 0 Å². The second-order valence-corrected chi connectivity index (χ2v) is 1.98. The van der Waals surface area contributed by atoms with Crippen LogP contribution in [0.5, 0.6) is 0 Å². The first kappa shape index (κ1) is 7.27. The Balaban J connectivity index is 4.02. The first-order chi connectivity index (χ1) is 3.48. The zero-order valence-corrected chi connectivity index (χ0v) is 4.86. The van der Waals surface area contributed by atoms with Crippen LogP contribution in [0.25, 0.3) is 0 Å². The van der Waals surface area contributed by atoms with E-state index in [1.54, 1.807) is 0 Å². The van der Waals surface area contributed by atoms with Gasteiger partial charge in [0, 0.05) is 0 Å². The van der Waals surface area contributed by atoms with Gasteiger partial charge in [-0.05, 0) is 13.8 Å². The summed E-state index contributed by atoms with van der Waals surface area (Å²) in [6.07, 6.45) is 0.486. The lowest BCUT2D eigenvalue weighted by atomic mass is 10.1. The fourth-order valence-electron chi connectivity index (χ4n) is 0.172. The second-order valence-electron chi connectivity index (χ2n) is 1.98. The van der Waals surface area contributed by atoms with E-state index >= 15 is 0 Å². The number of nitrogens with one attached hydrogen (secondary N) is 1. The number of ketones is 1. The van der Waals surface area contributed by atoms with E-state index in [1.807, 2.05) is 0 Å². The first-order valence-electron chi connectivity index (χ1n) is 2.22. The van der Waals surface area contributed by atoms with Gasteiger partial charge in [-0.2, -0.15) is 0 Å². The molecule has 0 heterocycles. The maximum atomic E-state index is 12.3. The smallest absolute Gasteiger partial charge is 0.209 e. The molecule has 46 valence electrons. The van der Waals surface area contributed by atoms with Crippen molar-refractivity contribution in [3.63, 3.8) is 0 Å². The van der Waals surface area contributed by atoms with Crippen LogP contribution in [-0.4, -0.2) is 17.7 Å². The zero-order valence-electron chi connectivity index (χ0n) is 4.86. The van der Waals surface area contributed by atoms with Crippen LogP contribution in [0.4, 0.5) is 4.39 Å². The van der Waals surface area contributed by atoms with E-state index < -0.39 is 11.5 Å². The summed E-state index contributed by atoms with van der Waals surface area (Å²) in [5.41, 5.74) is -1.87. The number of rotatable bonds is 2. The molecule has 8 heavy (non-hydrogen) atoms. The quantitative estimate of drug-likeness (QED) is 0.537. The van der Waals surface area contributed by atoms with Gasteiger partial charge in [-0.3, -0.25) is 4.79 Å². The molecule has 0 saturated carbocycles. The highest BCUT2D eigenvalue weighted by Crippen LogP contribution is 2.06. The normalized spacial score (nSPS) is 10.9. The van der Waals surface area contributed by atoms with Crippen LogP contribution in [0.1, 0.15) is 13.8 Å². The summed E-state index contributed by atoms with van der Waals surface area (Å²) < 4.78 is 12.3. The Labute approximate surface area is 47.2 Å². The molecule has 0 amide bonds. The molecular weight excluding hydrogens is 109 g/mol. The molecule has 0 aliphatic heterocycles. The van der Waals surface area contributed by atoms with Gasteiger partial charge in [0.1, 0.15) is 0 Å². The molecule has 0 unspecified atom stereocenters. The fourth-order valence-corrected chi connectivity index (χ4v) is 0.172. The number of halogens is 1. The molecule has 1 N–H and O–H groups in total. The summed E-state index contributed by atoms with van der Waals surface area (Å²) in [5, 5.41) is 6.35. The lowest BCUT2D eigenvalue weighted by molar-refractivity contribution is -0.121. The molecule has 0 spiro atoms. The van der Waals surface area contributed by atoms with Crippen molar-refractivity contribution in [1.29, 1.82) is 5.41 Å². The van der Waals surface area contributed by atoms with Gasteiger partial charge in [-0.25, -0.2) is 4.39 Å². The SMILES string of the molecule is CC(C)(F)C(=O)C=N. The van der Waals surface area contributed by atoms with Crippen LogP contribution >= 0.6 is 0 Å². The topological polar surface area (TPSA) is 40.9 Å². The molecule has 0 bridgehead atoms. The Morgan fingerprint density at radius 1 is 1.75 bits per heavy atom. The minimum Gasteiger partial charge on any atom is -0.305 e. The number of carbonyl (C=O) groups excluding carboxylic acids is 1. The molecule has 0 aliphatic rings. The second kappa shape index (κ2) is 2.03. The number of carbonyl (C=O) groups is 1. The van der Waals surface area contributed by atoms with E-state index in [0.29, 0.717) is 6.21 Å². The number of hydrogen-bond acceptors (Lipinski definition) is 2. The van der Waals surface area contributed by atoms with Crippen molar-refractivity contribution in [3.05, 3.63) is 0 Å². The van der Waals surface area contributed by atoms with Gasteiger partial charge in [0.15, 0.2) is 5.67 Å². The highest BCUT2D eigenvalue weighted by atomic mass is 19.1. The Bertz CT molecular complexity index is 114. The average Bonchev–Trinajstić information content (AvgIpc) is 1.62. The standard InChI is InChI=1S/C5H8FNO/c1-5(2,6)4(8)3-7/h3,7H,1-2H3. The van der Waals surface area contributed by atoms with Crippen LogP contribution in [-0.2, 0) is 4.79 Å². The van der Waals surface area contributed by atoms with Gasteiger partial charge >= 0.3 is 0 Å². The van der Waals surface area contributed by atoms with Crippen molar-refractivity contribution < 1.29 is 9.18 Å². The maximum absolute atomic E-state index is 12.3. The summed E-state index contributed by atoms with van der Waals surface area (Å²) in [7, 11) is 0. The molecule has 0 aromatic heterocycles. The maximum Gasteiger partial charge on any atom is 0.209 e. The summed E-state index contributed by atoms with van der Waals surface area (Å²) in [6.45, 7) is 2.25. The Morgan fingerprint density at radius 2 is 2.12 bits per heavy atom. The van der Waals surface area contributed by atoms with Crippen molar-refractivity contribution in [3.8, 4) is 0 Å². The molecule has 0 atom stereocenters. The molecule has 0 aromatic carbocycles. The Hall–Kier alpha value is -0.730. The van der Waals surface area contributed by atoms with Gasteiger partial charge in [-0.1, -0.05) is 0 Å². The highest BCUT2D eigenvalue weighted by Gasteiger charge is 2.23. The van der Waals surface area contributed by atoms with Crippen molar-refractivity contribution in [2.75, 3.05) is 0 Å². The molecule has 2 nitrogen and oxygen atoms in total. The number of alkyl halides is 1. The van der Waals surface area contributed by atoms with E-state index in [-0.39, 0.29) is 0 Å². The van der Waals surface area contributed by atoms with Crippen molar-refractivity contribution >= 4 is 12.0 Å². The average molecular weight is 117 g/mol. The van der Waals surface area contributed by atoms with Crippen molar-refractivity contribution in [2.45, 2.75) is 19.5 Å². The summed E-state index contributed by atoms with van der Waals surface area (Å²) in [6, 6.07) is 0. The van der Waals surface area contributed by atoms with E-state index in [2.05, 4.69) is 0 Å². The summed E-state index contributed by atoms with van der Waals surface area (Å²) in [5.74, 6) is -0.794. The van der Waals surface area contributed by atoms with Crippen LogP contribution < -0.4 is 0 Å². The third-order valence-corrected chi connectivity index (χ3v) is 0.717. The van der Waals surface area contributed by atoms with Crippen molar-refractivity contribution in [2.24, 2.45) is 0 Å². The molecule has 0 aliphatic carbocycles. The van der Waals surface area contributed by atoms with E-state index in [4.69, 9.17) is 5.41 Å². The third kappa shape index (κ3) is 1.82. The molecule has 0 rings (SSSR count). The minimum absolute atomic E-state index is 0.486. The van der Waals surface area contributed by atoms with E-state index in [9.17, 15) is 9.18 Å². The van der Waals surface area contributed by atoms with Gasteiger partial charge in [0.05, 0.1) is 6.21 Å². The van der Waals surface area contributed by atoms with E-state index in [0.717, 1.165) is 13.8 Å². The monoisotopic (exact) mass is 117 g/mol. The number of hydrogen-bond donors (Lipinski definition) is 1. The van der Waals surface area contributed by atoms with Gasteiger partial charge < -0.3 is 5.41 Å². The van der Waals surface area contributed by atoms with Gasteiger partial charge in [0.25, 0.3) is 0 Å². The summed E-state index contributed by atoms with van der Waals surface area (Å²) >= 11 is 0. The molecule has 3 heteroatoms. The zero-order chi connectivity index (χ0) is 6.78. The van der Waals surface area contributed by atoms with Crippen LogP contribution in [0.15, 0.2) is 0 Å². The molecule has 0 radical (unpaired) electrons. The largest absolute Gasteiger partial charge is 0.305 e. The minimum atomic E-state index is -1.87. The van der Waals surface area contributed by atoms with Crippen LogP contribution in [0.2, 0.25) is 0 Å². The number of Topliss-reactive ketones (excluding diaryl/α,β-unsaturated/α-hetero) is 1. The molecule has 0 saturated heterocycles. The van der Waals surface area contributed by atoms with Crippen LogP contribution in [0.3, 0.4) is 0 Å².